The van der Waals surface area contributed by atoms with Crippen LogP contribution in [0.1, 0.15) is 34.7 Å². The van der Waals surface area contributed by atoms with Crippen LogP contribution < -0.4 is 5.32 Å². The molecule has 1 aliphatic heterocycles. The Kier molecular flexibility index (Phi) is 6.44. The molecular formula is C26H28N2O3S. The maximum atomic E-state index is 13.6. The first-order valence-electron chi connectivity index (χ1n) is 10.9. The molecule has 0 unspecified atom stereocenters. The van der Waals surface area contributed by atoms with E-state index in [0.717, 1.165) is 28.7 Å². The van der Waals surface area contributed by atoms with E-state index in [4.69, 9.17) is 0 Å². The number of amides is 1. The van der Waals surface area contributed by atoms with E-state index in [1.807, 2.05) is 61.5 Å². The predicted octanol–water partition coefficient (Wildman–Crippen LogP) is 3.99. The maximum absolute atomic E-state index is 13.6. The number of nitrogens with zero attached hydrogens (tertiary/aromatic N) is 1. The fourth-order valence-corrected chi connectivity index (χ4v) is 5.76. The second-order valence-electron chi connectivity index (χ2n) is 8.24. The van der Waals surface area contributed by atoms with E-state index in [9.17, 15) is 13.2 Å². The summed E-state index contributed by atoms with van der Waals surface area (Å²) in [7, 11) is -3.84. The largest absolute Gasteiger partial charge is 0.351 e. The number of hydrogen-bond donors (Lipinski definition) is 1. The molecule has 1 atom stereocenters. The topological polar surface area (TPSA) is 66.5 Å². The molecule has 0 aliphatic carbocycles. The van der Waals surface area contributed by atoms with Gasteiger partial charge in [0, 0.05) is 13.1 Å². The first-order chi connectivity index (χ1) is 15.4. The summed E-state index contributed by atoms with van der Waals surface area (Å²) in [5.74, 6) is -0.282. The fourth-order valence-electron chi connectivity index (χ4n) is 4.09. The van der Waals surface area contributed by atoms with Crippen LogP contribution in [0.2, 0.25) is 0 Å². The van der Waals surface area contributed by atoms with Crippen LogP contribution in [0, 0.1) is 6.92 Å². The van der Waals surface area contributed by atoms with E-state index in [2.05, 4.69) is 12.2 Å². The van der Waals surface area contributed by atoms with Crippen LogP contribution in [0.5, 0.6) is 0 Å². The number of nitrogens with one attached hydrogen (secondary N) is 1. The van der Waals surface area contributed by atoms with Crippen molar-refractivity contribution in [2.75, 3.05) is 0 Å². The number of hydrogen-bond acceptors (Lipinski definition) is 3. The van der Waals surface area contributed by atoms with Crippen molar-refractivity contribution in [2.45, 2.75) is 50.7 Å². The highest BCUT2D eigenvalue weighted by Crippen LogP contribution is 2.29. The van der Waals surface area contributed by atoms with E-state index in [1.54, 1.807) is 18.2 Å². The standard InChI is InChI=1S/C26H28N2O3S/c1-3-20-11-13-21(14-12-20)17-27-26(29)25-16-22-8-4-5-9-23(22)18-28(25)32(30,31)24-10-6-7-19(2)15-24/h4-15,25H,3,16-18H2,1-2H3,(H,27,29)/t25-/m0/s1. The highest BCUT2D eigenvalue weighted by molar-refractivity contribution is 7.89. The smallest absolute Gasteiger partial charge is 0.244 e. The van der Waals surface area contributed by atoms with Gasteiger partial charge in [0.1, 0.15) is 6.04 Å². The molecule has 4 rings (SSSR count). The summed E-state index contributed by atoms with van der Waals surface area (Å²) in [5.41, 5.74) is 5.03. The Hall–Kier alpha value is -2.96. The molecule has 5 nitrogen and oxygen atoms in total. The quantitative estimate of drug-likeness (QED) is 0.620. The molecule has 1 amide bonds. The van der Waals surface area contributed by atoms with E-state index in [1.165, 1.54) is 9.87 Å². The van der Waals surface area contributed by atoms with Crippen molar-refractivity contribution >= 4 is 15.9 Å². The number of rotatable bonds is 6. The van der Waals surface area contributed by atoms with Crippen LogP contribution in [0.4, 0.5) is 0 Å². The molecule has 1 aliphatic rings. The van der Waals surface area contributed by atoms with Crippen LogP contribution in [-0.2, 0) is 40.7 Å². The molecule has 1 N–H and O–H groups in total. The summed E-state index contributed by atoms with van der Waals surface area (Å²) < 4.78 is 28.5. The Labute approximate surface area is 190 Å². The normalized spacial score (nSPS) is 16.4. The van der Waals surface area contributed by atoms with Gasteiger partial charge in [0.2, 0.25) is 15.9 Å². The van der Waals surface area contributed by atoms with Gasteiger partial charge >= 0.3 is 0 Å². The summed E-state index contributed by atoms with van der Waals surface area (Å²) in [6, 6.07) is 21.8. The Balaban J connectivity index is 1.61. The third-order valence-corrected chi connectivity index (χ3v) is 7.85. The molecule has 0 saturated heterocycles. The molecule has 3 aromatic carbocycles. The molecule has 3 aromatic rings. The van der Waals surface area contributed by atoms with E-state index < -0.39 is 16.1 Å². The van der Waals surface area contributed by atoms with Gasteiger partial charge in [0.05, 0.1) is 4.90 Å². The molecule has 6 heteroatoms. The van der Waals surface area contributed by atoms with Crippen LogP contribution in [0.25, 0.3) is 0 Å². The highest BCUT2D eigenvalue weighted by Gasteiger charge is 2.39. The van der Waals surface area contributed by atoms with Crippen molar-refractivity contribution in [3.05, 3.63) is 101 Å². The van der Waals surface area contributed by atoms with Crippen LogP contribution in [0.15, 0.2) is 77.7 Å². The molecular weight excluding hydrogens is 420 g/mol. The lowest BCUT2D eigenvalue weighted by Gasteiger charge is -2.35. The third kappa shape index (κ3) is 4.61. The second-order valence-corrected chi connectivity index (χ2v) is 10.1. The van der Waals surface area contributed by atoms with Crippen LogP contribution in [-0.4, -0.2) is 24.7 Å². The zero-order valence-corrected chi connectivity index (χ0v) is 19.2. The Morgan fingerprint density at radius 1 is 0.969 bits per heavy atom. The average molecular weight is 449 g/mol. The SMILES string of the molecule is CCc1ccc(CNC(=O)[C@@H]2Cc3ccccc3CN2S(=O)(=O)c2cccc(C)c2)cc1. The van der Waals surface area contributed by atoms with Gasteiger partial charge in [-0.3, -0.25) is 4.79 Å². The molecule has 0 aromatic heterocycles. The van der Waals surface area contributed by atoms with Gasteiger partial charge in [0.15, 0.2) is 0 Å². The van der Waals surface area contributed by atoms with Crippen LogP contribution >= 0.6 is 0 Å². The Bertz CT molecular complexity index is 1220. The molecule has 166 valence electrons. The van der Waals surface area contributed by atoms with Crippen molar-refractivity contribution in [1.29, 1.82) is 0 Å². The second kappa shape index (κ2) is 9.27. The molecule has 0 fully saturated rings. The molecule has 0 bridgehead atoms. The van der Waals surface area contributed by atoms with Crippen molar-refractivity contribution in [1.82, 2.24) is 9.62 Å². The van der Waals surface area contributed by atoms with Gasteiger partial charge in [-0.2, -0.15) is 4.31 Å². The maximum Gasteiger partial charge on any atom is 0.244 e. The minimum atomic E-state index is -3.84. The first kappa shape index (κ1) is 22.2. The lowest BCUT2D eigenvalue weighted by molar-refractivity contribution is -0.125. The van der Waals surface area contributed by atoms with Crippen molar-refractivity contribution < 1.29 is 13.2 Å². The monoisotopic (exact) mass is 448 g/mol. The number of fused-ring (bicyclic) bond motifs is 1. The van der Waals surface area contributed by atoms with E-state index in [-0.39, 0.29) is 17.3 Å². The lowest BCUT2D eigenvalue weighted by Crippen LogP contribution is -2.52. The van der Waals surface area contributed by atoms with Crippen molar-refractivity contribution in [3.63, 3.8) is 0 Å². The first-order valence-corrected chi connectivity index (χ1v) is 12.3. The minimum absolute atomic E-state index is 0.176. The summed E-state index contributed by atoms with van der Waals surface area (Å²) in [5, 5.41) is 2.96. The van der Waals surface area contributed by atoms with E-state index >= 15 is 0 Å². The van der Waals surface area contributed by atoms with Gasteiger partial charge in [0.25, 0.3) is 0 Å². The number of benzene rings is 3. The number of carbonyl (C=O) groups excluding carboxylic acids is 1. The summed E-state index contributed by atoms with van der Waals surface area (Å²) >= 11 is 0. The van der Waals surface area contributed by atoms with Gasteiger partial charge in [-0.15, -0.1) is 0 Å². The molecule has 32 heavy (non-hydrogen) atoms. The number of carbonyl (C=O) groups is 1. The zero-order chi connectivity index (χ0) is 22.7. The average Bonchev–Trinajstić information content (AvgIpc) is 2.82. The van der Waals surface area contributed by atoms with Gasteiger partial charge < -0.3 is 5.32 Å². The Morgan fingerprint density at radius 3 is 2.34 bits per heavy atom. The van der Waals surface area contributed by atoms with Gasteiger partial charge in [-0.1, -0.05) is 67.6 Å². The van der Waals surface area contributed by atoms with Gasteiger partial charge in [-0.05, 0) is 59.7 Å². The molecule has 0 saturated carbocycles. The number of aryl methyl sites for hydroxylation is 2. The summed E-state index contributed by atoms with van der Waals surface area (Å²) in [4.78, 5) is 13.5. The summed E-state index contributed by atoms with van der Waals surface area (Å²) in [6.07, 6.45) is 1.31. The zero-order valence-electron chi connectivity index (χ0n) is 18.4. The molecule has 1 heterocycles. The summed E-state index contributed by atoms with van der Waals surface area (Å²) in [6.45, 7) is 4.49. The molecule has 0 spiro atoms. The van der Waals surface area contributed by atoms with Crippen molar-refractivity contribution in [2.24, 2.45) is 0 Å². The van der Waals surface area contributed by atoms with Gasteiger partial charge in [-0.25, -0.2) is 8.42 Å². The predicted molar refractivity (Wildman–Crippen MR) is 126 cm³/mol. The fraction of sp³-hybridized carbons (Fsp3) is 0.269. The molecule has 0 radical (unpaired) electrons. The Morgan fingerprint density at radius 2 is 1.66 bits per heavy atom. The third-order valence-electron chi connectivity index (χ3n) is 6.00. The van der Waals surface area contributed by atoms with E-state index in [0.29, 0.717) is 13.0 Å². The lowest BCUT2D eigenvalue weighted by atomic mass is 9.95. The minimum Gasteiger partial charge on any atom is -0.351 e. The van der Waals surface area contributed by atoms with Crippen molar-refractivity contribution in [3.8, 4) is 0 Å². The number of sulfonamides is 1. The highest BCUT2D eigenvalue weighted by atomic mass is 32.2. The van der Waals surface area contributed by atoms with Crippen LogP contribution in [0.3, 0.4) is 0 Å².